The van der Waals surface area contributed by atoms with Gasteiger partial charge < -0.3 is 9.80 Å². The van der Waals surface area contributed by atoms with E-state index in [1.54, 1.807) is 0 Å². The maximum absolute atomic E-state index is 2.44. The third-order valence-corrected chi connectivity index (χ3v) is 10.8. The average Bonchev–Trinajstić information content (AvgIpc) is 3.28. The summed E-state index contributed by atoms with van der Waals surface area (Å²) in [6, 6.07) is 83.2. The highest BCUT2D eigenvalue weighted by atomic mass is 15.2. The van der Waals surface area contributed by atoms with Crippen molar-refractivity contribution in [1.29, 1.82) is 0 Å². The second-order valence-corrected chi connectivity index (χ2v) is 14.2. The average molecular weight is 715 g/mol. The molecule has 264 valence electrons. The Morgan fingerprint density at radius 2 is 0.643 bits per heavy atom. The van der Waals surface area contributed by atoms with Gasteiger partial charge in [-0.2, -0.15) is 0 Å². The summed E-state index contributed by atoms with van der Waals surface area (Å²) in [5, 5.41) is 7.25. The van der Waals surface area contributed by atoms with Crippen molar-refractivity contribution < 1.29 is 0 Å². The Hall–Kier alpha value is -7.42. The predicted octanol–water partition coefficient (Wildman–Crippen LogP) is 15.4. The first kappa shape index (κ1) is 33.2. The molecule has 0 amide bonds. The van der Waals surface area contributed by atoms with Crippen LogP contribution in [0.25, 0.3) is 54.6 Å². The van der Waals surface area contributed by atoms with Crippen LogP contribution in [0.3, 0.4) is 0 Å². The van der Waals surface area contributed by atoms with E-state index in [1.165, 1.54) is 54.6 Å². The molecule has 0 saturated heterocycles. The van der Waals surface area contributed by atoms with E-state index in [0.717, 1.165) is 34.1 Å². The molecule has 0 radical (unpaired) electrons. The quantitative estimate of drug-likeness (QED) is 0.145. The van der Waals surface area contributed by atoms with Gasteiger partial charge in [-0.15, -0.1) is 0 Å². The molecule has 0 fully saturated rings. The second kappa shape index (κ2) is 14.4. The monoisotopic (exact) mass is 714 g/mol. The van der Waals surface area contributed by atoms with Gasteiger partial charge >= 0.3 is 0 Å². The molecule has 2 nitrogen and oxygen atoms in total. The van der Waals surface area contributed by atoms with E-state index < -0.39 is 0 Å². The Morgan fingerprint density at radius 1 is 0.232 bits per heavy atom. The summed E-state index contributed by atoms with van der Waals surface area (Å²) in [4.78, 5) is 4.84. The Morgan fingerprint density at radius 3 is 1.23 bits per heavy atom. The molecule has 0 bridgehead atoms. The maximum Gasteiger partial charge on any atom is 0.0552 e. The van der Waals surface area contributed by atoms with Gasteiger partial charge in [0.25, 0.3) is 0 Å². The first-order chi connectivity index (χ1) is 27.8. The van der Waals surface area contributed by atoms with E-state index in [9.17, 15) is 0 Å². The predicted molar refractivity (Wildman–Crippen MR) is 239 cm³/mol. The van der Waals surface area contributed by atoms with Crippen molar-refractivity contribution >= 4 is 66.4 Å². The minimum atomic E-state index is 1.10. The molecule has 0 aromatic heterocycles. The highest BCUT2D eigenvalue weighted by Crippen LogP contribution is 2.48. The van der Waals surface area contributed by atoms with Gasteiger partial charge in [0.05, 0.1) is 11.4 Å². The van der Waals surface area contributed by atoms with Crippen LogP contribution in [0.2, 0.25) is 0 Å². The second-order valence-electron chi connectivity index (χ2n) is 14.2. The summed E-state index contributed by atoms with van der Waals surface area (Å²) in [6.45, 7) is 0. The molecule has 0 atom stereocenters. The molecule has 0 aliphatic carbocycles. The number of anilines is 6. The third-order valence-electron chi connectivity index (χ3n) is 10.8. The SMILES string of the molecule is c1ccc(-c2cccc(N(c3ccccc3)c3cccc4c3ccc3c5ccccc5cc(N(c5ccccc5)c5cccc(-c6ccccc6)c5)c43)c2)cc1. The first-order valence-electron chi connectivity index (χ1n) is 19.2. The van der Waals surface area contributed by atoms with Crippen LogP contribution in [-0.2, 0) is 0 Å². The molecular formula is C54H38N2. The summed E-state index contributed by atoms with van der Waals surface area (Å²) in [7, 11) is 0. The van der Waals surface area contributed by atoms with Crippen LogP contribution in [0.1, 0.15) is 0 Å². The van der Waals surface area contributed by atoms with Crippen molar-refractivity contribution in [1.82, 2.24) is 0 Å². The lowest BCUT2D eigenvalue weighted by Gasteiger charge is -2.30. The maximum atomic E-state index is 2.44. The molecule has 0 saturated carbocycles. The zero-order valence-corrected chi connectivity index (χ0v) is 30.8. The van der Waals surface area contributed by atoms with Crippen LogP contribution in [-0.4, -0.2) is 0 Å². The van der Waals surface area contributed by atoms with E-state index in [-0.39, 0.29) is 0 Å². The minimum Gasteiger partial charge on any atom is -0.310 e. The summed E-state index contributed by atoms with van der Waals surface area (Å²) in [5.41, 5.74) is 11.4. The molecule has 0 spiro atoms. The molecule has 2 heteroatoms. The third kappa shape index (κ3) is 6.04. The summed E-state index contributed by atoms with van der Waals surface area (Å²) in [5.74, 6) is 0. The fourth-order valence-corrected chi connectivity index (χ4v) is 8.22. The molecule has 10 aromatic carbocycles. The van der Waals surface area contributed by atoms with Crippen LogP contribution in [0, 0.1) is 0 Å². The molecule has 10 aromatic rings. The largest absolute Gasteiger partial charge is 0.310 e. The normalized spacial score (nSPS) is 11.2. The van der Waals surface area contributed by atoms with Crippen LogP contribution in [0.5, 0.6) is 0 Å². The smallest absolute Gasteiger partial charge is 0.0552 e. The van der Waals surface area contributed by atoms with Crippen LogP contribution in [0.15, 0.2) is 231 Å². The van der Waals surface area contributed by atoms with Crippen LogP contribution >= 0.6 is 0 Å². The van der Waals surface area contributed by atoms with Crippen LogP contribution in [0.4, 0.5) is 34.1 Å². The summed E-state index contributed by atoms with van der Waals surface area (Å²) < 4.78 is 0. The summed E-state index contributed by atoms with van der Waals surface area (Å²) >= 11 is 0. The van der Waals surface area contributed by atoms with E-state index in [1.807, 2.05) is 0 Å². The van der Waals surface area contributed by atoms with Gasteiger partial charge in [-0.1, -0.05) is 170 Å². The van der Waals surface area contributed by atoms with Crippen LogP contribution < -0.4 is 9.80 Å². The molecule has 10 rings (SSSR count). The summed E-state index contributed by atoms with van der Waals surface area (Å²) in [6.07, 6.45) is 0. The Labute approximate surface area is 327 Å². The molecule has 0 aliphatic heterocycles. The number of nitrogens with zero attached hydrogens (tertiary/aromatic N) is 2. The highest BCUT2D eigenvalue weighted by Gasteiger charge is 2.22. The van der Waals surface area contributed by atoms with E-state index in [0.29, 0.717) is 0 Å². The van der Waals surface area contributed by atoms with Gasteiger partial charge in [0.15, 0.2) is 0 Å². The van der Waals surface area contributed by atoms with Crippen molar-refractivity contribution in [3.05, 3.63) is 231 Å². The van der Waals surface area contributed by atoms with Gasteiger partial charge in [0.2, 0.25) is 0 Å². The van der Waals surface area contributed by atoms with Gasteiger partial charge in [0.1, 0.15) is 0 Å². The molecule has 0 heterocycles. The van der Waals surface area contributed by atoms with Gasteiger partial charge in [-0.3, -0.25) is 0 Å². The minimum absolute atomic E-state index is 1.10. The number of hydrogen-bond donors (Lipinski definition) is 0. The van der Waals surface area contributed by atoms with Crippen molar-refractivity contribution in [3.63, 3.8) is 0 Å². The van der Waals surface area contributed by atoms with E-state index in [2.05, 4.69) is 240 Å². The fourth-order valence-electron chi connectivity index (χ4n) is 8.22. The lowest BCUT2D eigenvalue weighted by atomic mass is 9.93. The Kier molecular flexibility index (Phi) is 8.55. The number of rotatable bonds is 8. The van der Waals surface area contributed by atoms with Crippen molar-refractivity contribution in [2.75, 3.05) is 9.80 Å². The number of hydrogen-bond acceptors (Lipinski definition) is 2. The molecule has 0 aliphatic rings. The topological polar surface area (TPSA) is 6.48 Å². The van der Waals surface area contributed by atoms with Gasteiger partial charge in [-0.25, -0.2) is 0 Å². The molecule has 0 unspecified atom stereocenters. The molecular weight excluding hydrogens is 677 g/mol. The fraction of sp³-hybridized carbons (Fsp3) is 0. The van der Waals surface area contributed by atoms with E-state index in [4.69, 9.17) is 0 Å². The van der Waals surface area contributed by atoms with E-state index >= 15 is 0 Å². The number of fused-ring (bicyclic) bond motifs is 5. The lowest BCUT2D eigenvalue weighted by Crippen LogP contribution is -2.12. The van der Waals surface area contributed by atoms with Gasteiger partial charge in [-0.05, 0) is 104 Å². The standard InChI is InChI=1S/C54H38N2/c1-5-18-39(19-6-1)41-23-15-29-46(36-41)55(44-25-9-3-10-26-44)52-33-17-32-50-49(52)34-35-51-48-31-14-13-22-43(48)38-53(54(50)51)56(45-27-11-4-12-28-45)47-30-16-24-42(37-47)40-20-7-2-8-21-40/h1-38H. The first-order valence-corrected chi connectivity index (χ1v) is 19.2. The number of benzene rings is 10. The van der Waals surface area contributed by atoms with Crippen molar-refractivity contribution in [2.45, 2.75) is 0 Å². The number of para-hydroxylation sites is 2. The zero-order chi connectivity index (χ0) is 37.3. The Bertz CT molecular complexity index is 2960. The molecule has 56 heavy (non-hydrogen) atoms. The Balaban J connectivity index is 1.25. The lowest BCUT2D eigenvalue weighted by molar-refractivity contribution is 1.30. The highest BCUT2D eigenvalue weighted by molar-refractivity contribution is 6.25. The van der Waals surface area contributed by atoms with Crippen molar-refractivity contribution in [3.8, 4) is 22.3 Å². The van der Waals surface area contributed by atoms with Gasteiger partial charge in [0, 0.05) is 33.5 Å². The zero-order valence-electron chi connectivity index (χ0n) is 30.8. The molecule has 0 N–H and O–H groups in total. The van der Waals surface area contributed by atoms with Crippen molar-refractivity contribution in [2.24, 2.45) is 0 Å².